The summed E-state index contributed by atoms with van der Waals surface area (Å²) in [6.45, 7) is 3.48. The largest absolute Gasteiger partial charge is 0.495 e. The number of fused-ring (bicyclic) bond motifs is 1. The topological polar surface area (TPSA) is 40.5 Å². The van der Waals surface area contributed by atoms with Crippen molar-refractivity contribution in [2.45, 2.75) is 20.1 Å². The Balaban J connectivity index is 2.52. The molecule has 0 atom stereocenters. The molecule has 1 aromatic heterocycles. The first-order valence-electron chi connectivity index (χ1n) is 4.59. The van der Waals surface area contributed by atoms with Gasteiger partial charge in [-0.05, 0) is 0 Å². The van der Waals surface area contributed by atoms with E-state index >= 15 is 0 Å². The van der Waals surface area contributed by atoms with E-state index in [2.05, 4.69) is 0 Å². The zero-order chi connectivity index (χ0) is 10.1. The van der Waals surface area contributed by atoms with Crippen LogP contribution in [-0.2, 0) is 17.9 Å². The molecule has 4 nitrogen and oxygen atoms in total. The molecule has 0 radical (unpaired) electrons. The molecule has 0 N–H and O–H groups in total. The second kappa shape index (κ2) is 3.46. The van der Waals surface area contributed by atoms with Crippen LogP contribution in [0.4, 0.5) is 0 Å². The number of methoxy groups -OCH3 is 1. The lowest BCUT2D eigenvalue weighted by Crippen LogP contribution is -2.19. The van der Waals surface area contributed by atoms with E-state index in [1.54, 1.807) is 20.1 Å². The number of carbonyl (C=O) groups is 1. The molecule has 1 aromatic rings. The van der Waals surface area contributed by atoms with Crippen molar-refractivity contribution in [3.8, 4) is 5.75 Å². The second-order valence-corrected chi connectivity index (χ2v) is 3.31. The molecule has 0 saturated heterocycles. The molecule has 0 aromatic carbocycles. The van der Waals surface area contributed by atoms with E-state index in [0.29, 0.717) is 18.9 Å². The number of ketones is 1. The van der Waals surface area contributed by atoms with Crippen molar-refractivity contribution in [3.63, 3.8) is 0 Å². The number of aromatic nitrogens is 1. The number of hydrogen-bond donors (Lipinski definition) is 0. The quantitative estimate of drug-likeness (QED) is 0.666. The predicted molar refractivity (Wildman–Crippen MR) is 50.6 cm³/mol. The first-order valence-corrected chi connectivity index (χ1v) is 4.59. The average molecular weight is 195 g/mol. The van der Waals surface area contributed by atoms with Crippen LogP contribution in [0.25, 0.3) is 0 Å². The number of ether oxygens (including phenoxy) is 2. The lowest BCUT2D eigenvalue weighted by Gasteiger charge is -2.18. The monoisotopic (exact) mass is 195 g/mol. The molecular formula is C10H13NO3. The van der Waals surface area contributed by atoms with Gasteiger partial charge < -0.3 is 14.0 Å². The summed E-state index contributed by atoms with van der Waals surface area (Å²) in [5.41, 5.74) is 1.67. The maximum absolute atomic E-state index is 11.3. The fraction of sp³-hybridized carbons (Fsp3) is 0.500. The zero-order valence-corrected chi connectivity index (χ0v) is 8.37. The van der Waals surface area contributed by atoms with Gasteiger partial charge in [0.2, 0.25) is 0 Å². The van der Waals surface area contributed by atoms with Gasteiger partial charge in [-0.15, -0.1) is 0 Å². The Bertz CT molecular complexity index is 368. The van der Waals surface area contributed by atoms with Crippen LogP contribution >= 0.6 is 0 Å². The maximum Gasteiger partial charge on any atom is 0.176 e. The minimum Gasteiger partial charge on any atom is -0.495 e. The van der Waals surface area contributed by atoms with Crippen molar-refractivity contribution in [2.75, 3.05) is 13.7 Å². The van der Waals surface area contributed by atoms with E-state index in [4.69, 9.17) is 9.47 Å². The molecule has 0 bridgehead atoms. The van der Waals surface area contributed by atoms with E-state index in [1.165, 1.54) is 0 Å². The molecule has 0 unspecified atom stereocenters. The van der Waals surface area contributed by atoms with Crippen LogP contribution < -0.4 is 4.74 Å². The molecule has 0 aliphatic carbocycles. The van der Waals surface area contributed by atoms with Crippen LogP contribution in [0.15, 0.2) is 6.07 Å². The Hall–Kier alpha value is -1.29. The Morgan fingerprint density at radius 2 is 2.43 bits per heavy atom. The second-order valence-electron chi connectivity index (χ2n) is 3.31. The molecule has 76 valence electrons. The summed E-state index contributed by atoms with van der Waals surface area (Å²) in [6, 6.07) is 1.78. The van der Waals surface area contributed by atoms with Gasteiger partial charge in [0.25, 0.3) is 0 Å². The number of hydrogen-bond acceptors (Lipinski definition) is 3. The van der Waals surface area contributed by atoms with Crippen molar-refractivity contribution in [3.05, 3.63) is 17.5 Å². The van der Waals surface area contributed by atoms with Crippen molar-refractivity contribution >= 4 is 5.78 Å². The minimum absolute atomic E-state index is 0.0662. The third-order valence-electron chi connectivity index (χ3n) is 2.45. The molecule has 14 heavy (non-hydrogen) atoms. The molecule has 2 heterocycles. The Labute approximate surface area is 82.4 Å². The van der Waals surface area contributed by atoms with Gasteiger partial charge in [0.15, 0.2) is 5.78 Å². The Kier molecular flexibility index (Phi) is 2.29. The maximum atomic E-state index is 11.3. The highest BCUT2D eigenvalue weighted by molar-refractivity contribution is 5.93. The van der Waals surface area contributed by atoms with Crippen molar-refractivity contribution in [1.29, 1.82) is 0 Å². The normalized spacial score (nSPS) is 15.0. The van der Waals surface area contributed by atoms with Crippen LogP contribution in [0.2, 0.25) is 0 Å². The lowest BCUT2D eigenvalue weighted by molar-refractivity contribution is 0.0800. The molecule has 1 aliphatic rings. The third kappa shape index (κ3) is 1.32. The number of Topliss-reactive ketones (excluding diaryl/α,β-unsaturated/α-hetero) is 1. The summed E-state index contributed by atoms with van der Waals surface area (Å²) >= 11 is 0. The van der Waals surface area contributed by atoms with Gasteiger partial charge in [-0.1, -0.05) is 0 Å². The van der Waals surface area contributed by atoms with Gasteiger partial charge in [0.1, 0.15) is 5.75 Å². The summed E-state index contributed by atoms with van der Waals surface area (Å²) in [4.78, 5) is 11.3. The van der Waals surface area contributed by atoms with Gasteiger partial charge in [-0.25, -0.2) is 0 Å². The van der Waals surface area contributed by atoms with E-state index in [0.717, 1.165) is 18.0 Å². The zero-order valence-electron chi connectivity index (χ0n) is 8.37. The Morgan fingerprint density at radius 3 is 3.07 bits per heavy atom. The summed E-state index contributed by atoms with van der Waals surface area (Å²) < 4.78 is 12.5. The number of carbonyl (C=O) groups excluding carboxylic acids is 1. The SMILES string of the molecule is COc1cc(C(C)=O)n2c1COCC2. The molecule has 0 amide bonds. The van der Waals surface area contributed by atoms with Crippen LogP contribution in [0, 0.1) is 0 Å². The summed E-state index contributed by atoms with van der Waals surface area (Å²) in [5.74, 6) is 0.811. The van der Waals surface area contributed by atoms with Gasteiger partial charge >= 0.3 is 0 Å². The van der Waals surface area contributed by atoms with Crippen LogP contribution in [0.5, 0.6) is 5.75 Å². The average Bonchev–Trinajstić information content (AvgIpc) is 2.56. The van der Waals surface area contributed by atoms with Crippen molar-refractivity contribution in [1.82, 2.24) is 4.57 Å². The minimum atomic E-state index is 0.0662. The van der Waals surface area contributed by atoms with Crippen molar-refractivity contribution < 1.29 is 14.3 Å². The molecule has 2 rings (SSSR count). The molecule has 0 spiro atoms. The van der Waals surface area contributed by atoms with E-state index in [9.17, 15) is 4.79 Å². The van der Waals surface area contributed by atoms with Gasteiger partial charge in [-0.2, -0.15) is 0 Å². The number of rotatable bonds is 2. The van der Waals surface area contributed by atoms with Gasteiger partial charge in [0, 0.05) is 19.5 Å². The molecule has 0 saturated carbocycles. The predicted octanol–water partition coefficient (Wildman–Crippen LogP) is 1.23. The summed E-state index contributed by atoms with van der Waals surface area (Å²) in [6.07, 6.45) is 0. The third-order valence-corrected chi connectivity index (χ3v) is 2.45. The fourth-order valence-electron chi connectivity index (χ4n) is 1.76. The molecule has 4 heteroatoms. The summed E-state index contributed by atoms with van der Waals surface area (Å²) in [7, 11) is 1.61. The Morgan fingerprint density at radius 1 is 1.64 bits per heavy atom. The van der Waals surface area contributed by atoms with Crippen molar-refractivity contribution in [2.24, 2.45) is 0 Å². The van der Waals surface area contributed by atoms with Crippen LogP contribution in [0.3, 0.4) is 0 Å². The van der Waals surface area contributed by atoms with Crippen LogP contribution in [0.1, 0.15) is 23.1 Å². The summed E-state index contributed by atoms with van der Waals surface area (Å²) in [5, 5.41) is 0. The highest BCUT2D eigenvalue weighted by Crippen LogP contribution is 2.27. The first-order chi connectivity index (χ1) is 6.74. The fourth-order valence-corrected chi connectivity index (χ4v) is 1.76. The van der Waals surface area contributed by atoms with E-state index in [1.807, 2.05) is 4.57 Å². The van der Waals surface area contributed by atoms with Gasteiger partial charge in [0.05, 0.1) is 31.7 Å². The standard InChI is InChI=1S/C10H13NO3/c1-7(12)8-5-10(13-2)9-6-14-4-3-11(8)9/h5H,3-4,6H2,1-2H3. The smallest absolute Gasteiger partial charge is 0.176 e. The van der Waals surface area contributed by atoms with E-state index in [-0.39, 0.29) is 5.78 Å². The highest BCUT2D eigenvalue weighted by atomic mass is 16.5. The van der Waals surface area contributed by atoms with Gasteiger partial charge in [-0.3, -0.25) is 4.79 Å². The highest BCUT2D eigenvalue weighted by Gasteiger charge is 2.20. The molecule has 1 aliphatic heterocycles. The first kappa shape index (κ1) is 9.27. The number of nitrogens with zero attached hydrogens (tertiary/aromatic N) is 1. The molecule has 0 fully saturated rings. The lowest BCUT2D eigenvalue weighted by atomic mass is 10.3. The van der Waals surface area contributed by atoms with Crippen LogP contribution in [-0.4, -0.2) is 24.1 Å². The van der Waals surface area contributed by atoms with E-state index < -0.39 is 0 Å². The molecular weight excluding hydrogens is 182 g/mol.